The lowest BCUT2D eigenvalue weighted by Gasteiger charge is -2.09. The Morgan fingerprint density at radius 2 is 1.95 bits per heavy atom. The van der Waals surface area contributed by atoms with Crippen LogP contribution in [0.4, 0.5) is 11.5 Å². The molecule has 0 unspecified atom stereocenters. The fourth-order valence-corrected chi connectivity index (χ4v) is 1.93. The van der Waals surface area contributed by atoms with E-state index in [1.165, 1.54) is 13.2 Å². The Balaban J connectivity index is 2.30. The molecule has 1 aromatic carbocycles. The standard InChI is InChI=1S/C13H10Cl2N2O3/c1-20-10-6-7(2-3-8(10)14)16-11-5-4-9(15)12(17-11)13(18)19/h2-6H,1H3,(H,16,17)(H,18,19). The largest absolute Gasteiger partial charge is 0.495 e. The van der Waals surface area contributed by atoms with Crippen molar-refractivity contribution in [1.29, 1.82) is 0 Å². The third-order valence-electron chi connectivity index (χ3n) is 2.47. The van der Waals surface area contributed by atoms with E-state index in [2.05, 4.69) is 10.3 Å². The number of rotatable bonds is 4. The van der Waals surface area contributed by atoms with Crippen LogP contribution in [0.1, 0.15) is 10.5 Å². The van der Waals surface area contributed by atoms with Crippen LogP contribution in [0.5, 0.6) is 5.75 Å². The normalized spacial score (nSPS) is 10.2. The predicted molar refractivity (Wildman–Crippen MR) is 77.5 cm³/mol. The number of halogens is 2. The lowest BCUT2D eigenvalue weighted by Crippen LogP contribution is -2.04. The Bertz CT molecular complexity index is 662. The fraction of sp³-hybridized carbons (Fsp3) is 0.0769. The zero-order valence-corrected chi connectivity index (χ0v) is 11.9. The Hall–Kier alpha value is -1.98. The van der Waals surface area contributed by atoms with Crippen molar-refractivity contribution in [3.05, 3.63) is 46.1 Å². The second-order valence-corrected chi connectivity index (χ2v) is 4.62. The number of carboxylic acid groups (broad SMARTS) is 1. The van der Waals surface area contributed by atoms with Gasteiger partial charge in [0.1, 0.15) is 11.6 Å². The Labute approximate surface area is 125 Å². The molecule has 0 spiro atoms. The average molecular weight is 313 g/mol. The van der Waals surface area contributed by atoms with Crippen molar-refractivity contribution < 1.29 is 14.6 Å². The van der Waals surface area contributed by atoms with Gasteiger partial charge in [0.25, 0.3) is 0 Å². The molecule has 1 heterocycles. The minimum Gasteiger partial charge on any atom is -0.495 e. The molecule has 0 aliphatic carbocycles. The molecule has 104 valence electrons. The van der Waals surface area contributed by atoms with Gasteiger partial charge in [0.15, 0.2) is 5.69 Å². The molecular weight excluding hydrogens is 303 g/mol. The highest BCUT2D eigenvalue weighted by Crippen LogP contribution is 2.29. The first kappa shape index (κ1) is 14.4. The molecular formula is C13H10Cl2N2O3. The highest BCUT2D eigenvalue weighted by Gasteiger charge is 2.11. The number of carboxylic acids is 1. The molecule has 1 aromatic heterocycles. The Morgan fingerprint density at radius 1 is 1.25 bits per heavy atom. The lowest BCUT2D eigenvalue weighted by atomic mass is 10.3. The number of aromatic carboxylic acids is 1. The van der Waals surface area contributed by atoms with Gasteiger partial charge in [-0.2, -0.15) is 0 Å². The number of pyridine rings is 1. The summed E-state index contributed by atoms with van der Waals surface area (Å²) in [5, 5.41) is 12.5. The Morgan fingerprint density at radius 3 is 2.60 bits per heavy atom. The predicted octanol–water partition coefficient (Wildman–Crippen LogP) is 3.84. The molecule has 0 aliphatic heterocycles. The van der Waals surface area contributed by atoms with E-state index in [1.54, 1.807) is 24.3 Å². The summed E-state index contributed by atoms with van der Waals surface area (Å²) in [5.41, 5.74) is 0.454. The number of carbonyl (C=O) groups is 1. The Kier molecular flexibility index (Phi) is 4.32. The first-order valence-corrected chi connectivity index (χ1v) is 6.27. The fourth-order valence-electron chi connectivity index (χ4n) is 1.55. The number of hydrogen-bond donors (Lipinski definition) is 2. The van der Waals surface area contributed by atoms with E-state index in [0.717, 1.165) is 0 Å². The van der Waals surface area contributed by atoms with E-state index >= 15 is 0 Å². The van der Waals surface area contributed by atoms with Crippen LogP contribution in [0.2, 0.25) is 10.0 Å². The number of anilines is 2. The maximum Gasteiger partial charge on any atom is 0.356 e. The number of benzene rings is 1. The van der Waals surface area contributed by atoms with Crippen LogP contribution in [0.15, 0.2) is 30.3 Å². The zero-order valence-electron chi connectivity index (χ0n) is 10.4. The first-order chi connectivity index (χ1) is 9.51. The molecule has 7 heteroatoms. The van der Waals surface area contributed by atoms with Gasteiger partial charge in [-0.25, -0.2) is 9.78 Å². The van der Waals surface area contributed by atoms with E-state index in [4.69, 9.17) is 33.0 Å². The zero-order chi connectivity index (χ0) is 14.7. The summed E-state index contributed by atoms with van der Waals surface area (Å²) < 4.78 is 5.10. The monoisotopic (exact) mass is 312 g/mol. The summed E-state index contributed by atoms with van der Waals surface area (Å²) in [4.78, 5) is 14.9. The van der Waals surface area contributed by atoms with Crippen molar-refractivity contribution in [2.45, 2.75) is 0 Å². The van der Waals surface area contributed by atoms with Crippen molar-refractivity contribution in [1.82, 2.24) is 4.98 Å². The molecule has 0 fully saturated rings. The van der Waals surface area contributed by atoms with Gasteiger partial charge >= 0.3 is 5.97 Å². The van der Waals surface area contributed by atoms with Gasteiger partial charge in [0.2, 0.25) is 0 Å². The van der Waals surface area contributed by atoms with Gasteiger partial charge in [-0.15, -0.1) is 0 Å². The van der Waals surface area contributed by atoms with Crippen molar-refractivity contribution >= 4 is 40.7 Å². The van der Waals surface area contributed by atoms with Gasteiger partial charge < -0.3 is 15.2 Å². The topological polar surface area (TPSA) is 71.5 Å². The maximum atomic E-state index is 11.0. The quantitative estimate of drug-likeness (QED) is 0.897. The van der Waals surface area contributed by atoms with Crippen LogP contribution in [0.25, 0.3) is 0 Å². The van der Waals surface area contributed by atoms with Gasteiger partial charge in [0, 0.05) is 11.8 Å². The van der Waals surface area contributed by atoms with Crippen molar-refractivity contribution in [3.8, 4) is 5.75 Å². The molecule has 0 saturated heterocycles. The summed E-state index contributed by atoms with van der Waals surface area (Å²) >= 11 is 11.7. The highest BCUT2D eigenvalue weighted by atomic mass is 35.5. The SMILES string of the molecule is COc1cc(Nc2ccc(Cl)c(C(=O)O)n2)ccc1Cl. The van der Waals surface area contributed by atoms with E-state index in [1.807, 2.05) is 0 Å². The molecule has 2 rings (SSSR count). The van der Waals surface area contributed by atoms with Crippen LogP contribution in [-0.4, -0.2) is 23.2 Å². The van der Waals surface area contributed by atoms with Crippen LogP contribution in [0, 0.1) is 0 Å². The number of hydrogen-bond acceptors (Lipinski definition) is 4. The van der Waals surface area contributed by atoms with E-state index in [-0.39, 0.29) is 10.7 Å². The number of ether oxygens (including phenoxy) is 1. The van der Waals surface area contributed by atoms with Crippen LogP contribution < -0.4 is 10.1 Å². The van der Waals surface area contributed by atoms with Gasteiger partial charge in [-0.3, -0.25) is 0 Å². The summed E-state index contributed by atoms with van der Waals surface area (Å²) in [5.74, 6) is -0.326. The molecule has 20 heavy (non-hydrogen) atoms. The van der Waals surface area contributed by atoms with Crippen LogP contribution >= 0.6 is 23.2 Å². The van der Waals surface area contributed by atoms with E-state index in [0.29, 0.717) is 22.3 Å². The minimum atomic E-state index is -1.19. The molecule has 0 bridgehead atoms. The van der Waals surface area contributed by atoms with Crippen molar-refractivity contribution in [3.63, 3.8) is 0 Å². The average Bonchev–Trinajstić information content (AvgIpc) is 2.42. The number of nitrogens with zero attached hydrogens (tertiary/aromatic N) is 1. The molecule has 5 nitrogen and oxygen atoms in total. The highest BCUT2D eigenvalue weighted by molar-refractivity contribution is 6.33. The number of nitrogens with one attached hydrogen (secondary N) is 1. The summed E-state index contributed by atoms with van der Waals surface area (Å²) in [6.07, 6.45) is 0. The van der Waals surface area contributed by atoms with Crippen molar-refractivity contribution in [2.24, 2.45) is 0 Å². The third kappa shape index (κ3) is 3.12. The first-order valence-electron chi connectivity index (χ1n) is 5.51. The third-order valence-corrected chi connectivity index (χ3v) is 3.09. The summed E-state index contributed by atoms with van der Waals surface area (Å²) in [6, 6.07) is 8.11. The molecule has 0 amide bonds. The van der Waals surface area contributed by atoms with Gasteiger partial charge in [-0.1, -0.05) is 23.2 Å². The lowest BCUT2D eigenvalue weighted by molar-refractivity contribution is 0.0691. The smallest absolute Gasteiger partial charge is 0.356 e. The van der Waals surface area contributed by atoms with Crippen LogP contribution in [0.3, 0.4) is 0 Å². The second kappa shape index (κ2) is 5.98. The van der Waals surface area contributed by atoms with Crippen LogP contribution in [-0.2, 0) is 0 Å². The summed E-state index contributed by atoms with van der Waals surface area (Å²) in [7, 11) is 1.51. The van der Waals surface area contributed by atoms with Gasteiger partial charge in [0.05, 0.1) is 17.2 Å². The second-order valence-electron chi connectivity index (χ2n) is 3.81. The number of aromatic nitrogens is 1. The molecule has 0 aliphatic rings. The molecule has 0 saturated carbocycles. The van der Waals surface area contributed by atoms with E-state index in [9.17, 15) is 4.79 Å². The molecule has 2 N–H and O–H groups in total. The summed E-state index contributed by atoms with van der Waals surface area (Å²) in [6.45, 7) is 0. The molecule has 2 aromatic rings. The number of methoxy groups -OCH3 is 1. The molecule has 0 radical (unpaired) electrons. The van der Waals surface area contributed by atoms with Gasteiger partial charge in [-0.05, 0) is 24.3 Å². The maximum absolute atomic E-state index is 11.0. The van der Waals surface area contributed by atoms with E-state index < -0.39 is 5.97 Å². The minimum absolute atomic E-state index is 0.0803. The van der Waals surface area contributed by atoms with Crippen molar-refractivity contribution in [2.75, 3.05) is 12.4 Å². The molecule has 0 atom stereocenters.